The first-order valence-corrected chi connectivity index (χ1v) is 8.83. The summed E-state index contributed by atoms with van der Waals surface area (Å²) in [5.41, 5.74) is 1.50. The first-order chi connectivity index (χ1) is 12.3. The highest BCUT2D eigenvalue weighted by Gasteiger charge is 2.21. The molecule has 0 N–H and O–H groups in total. The summed E-state index contributed by atoms with van der Waals surface area (Å²) in [4.78, 5) is 14.3. The zero-order valence-corrected chi connectivity index (χ0v) is 16.4. The third kappa shape index (κ3) is 4.77. The maximum absolute atomic E-state index is 12.5. The van der Waals surface area contributed by atoms with Crippen molar-refractivity contribution in [3.63, 3.8) is 0 Å². The van der Waals surface area contributed by atoms with Crippen molar-refractivity contribution in [1.29, 1.82) is 0 Å². The lowest BCUT2D eigenvalue weighted by Gasteiger charge is -2.26. The fraction of sp³-hybridized carbons (Fsp3) is 0.500. The highest BCUT2D eigenvalue weighted by atomic mass is 16.5. The molecule has 0 spiro atoms. The number of hydrogen-bond acceptors (Lipinski definition) is 5. The topological polar surface area (TPSA) is 64.8 Å². The second kappa shape index (κ2) is 8.74. The van der Waals surface area contributed by atoms with Crippen LogP contribution in [0.25, 0.3) is 11.3 Å². The Morgan fingerprint density at radius 3 is 2.46 bits per heavy atom. The van der Waals surface area contributed by atoms with Gasteiger partial charge in [-0.15, -0.1) is 0 Å². The third-order valence-electron chi connectivity index (χ3n) is 4.09. The largest absolute Gasteiger partial charge is 0.497 e. The molecule has 0 atom stereocenters. The monoisotopic (exact) mass is 360 g/mol. The van der Waals surface area contributed by atoms with E-state index in [9.17, 15) is 4.79 Å². The molecule has 6 nitrogen and oxygen atoms in total. The predicted molar refractivity (Wildman–Crippen MR) is 100 cm³/mol. The van der Waals surface area contributed by atoms with E-state index in [-0.39, 0.29) is 11.9 Å². The minimum absolute atomic E-state index is 0.0944. The Morgan fingerprint density at radius 2 is 1.88 bits per heavy atom. The zero-order chi connectivity index (χ0) is 19.3. The summed E-state index contributed by atoms with van der Waals surface area (Å²) in [6, 6.07) is 7.45. The SMILES string of the molecule is COc1ccc(-c2cc(CN(C(=O)CC(C)C)C(C)C)no2)c(OC)c1. The van der Waals surface area contributed by atoms with Crippen LogP contribution in [-0.4, -0.2) is 36.2 Å². The second-order valence-electron chi connectivity index (χ2n) is 6.96. The van der Waals surface area contributed by atoms with Gasteiger partial charge in [0.15, 0.2) is 5.76 Å². The first-order valence-electron chi connectivity index (χ1n) is 8.83. The van der Waals surface area contributed by atoms with Crippen molar-refractivity contribution in [2.24, 2.45) is 5.92 Å². The van der Waals surface area contributed by atoms with Crippen molar-refractivity contribution >= 4 is 5.91 Å². The molecule has 0 aliphatic carbocycles. The van der Waals surface area contributed by atoms with E-state index in [2.05, 4.69) is 5.16 Å². The molecular formula is C20H28N2O4. The number of aromatic nitrogens is 1. The molecule has 0 aliphatic heterocycles. The molecule has 0 radical (unpaired) electrons. The van der Waals surface area contributed by atoms with Gasteiger partial charge in [0.2, 0.25) is 5.91 Å². The van der Waals surface area contributed by atoms with E-state index < -0.39 is 0 Å². The standard InChI is InChI=1S/C20H28N2O4/c1-13(2)9-20(23)22(14(3)4)12-15-10-19(26-21-15)17-8-7-16(24-5)11-18(17)25-6/h7-8,10-11,13-14H,9,12H2,1-6H3. The molecule has 1 amide bonds. The van der Waals surface area contributed by atoms with E-state index >= 15 is 0 Å². The fourth-order valence-corrected chi connectivity index (χ4v) is 2.72. The Hall–Kier alpha value is -2.50. The van der Waals surface area contributed by atoms with E-state index in [1.165, 1.54) is 0 Å². The number of carbonyl (C=O) groups is 1. The van der Waals surface area contributed by atoms with Gasteiger partial charge in [0.1, 0.15) is 17.2 Å². The van der Waals surface area contributed by atoms with Gasteiger partial charge in [-0.1, -0.05) is 19.0 Å². The molecule has 1 heterocycles. The van der Waals surface area contributed by atoms with E-state index in [4.69, 9.17) is 14.0 Å². The van der Waals surface area contributed by atoms with Gasteiger partial charge in [-0.25, -0.2) is 0 Å². The molecule has 0 saturated heterocycles. The summed E-state index contributed by atoms with van der Waals surface area (Å²) in [5, 5.41) is 4.14. The van der Waals surface area contributed by atoms with Gasteiger partial charge in [-0.3, -0.25) is 4.79 Å². The molecule has 26 heavy (non-hydrogen) atoms. The molecule has 0 fully saturated rings. The van der Waals surface area contributed by atoms with Gasteiger partial charge in [-0.2, -0.15) is 0 Å². The van der Waals surface area contributed by atoms with E-state index in [1.54, 1.807) is 20.3 Å². The Balaban J connectivity index is 2.22. The van der Waals surface area contributed by atoms with Gasteiger partial charge < -0.3 is 18.9 Å². The summed E-state index contributed by atoms with van der Waals surface area (Å²) in [6.07, 6.45) is 0.523. The van der Waals surface area contributed by atoms with Crippen molar-refractivity contribution < 1.29 is 18.8 Å². The summed E-state index contributed by atoms with van der Waals surface area (Å²) < 4.78 is 16.1. The molecule has 2 aromatic rings. The summed E-state index contributed by atoms with van der Waals surface area (Å²) in [7, 11) is 3.20. The Bertz CT molecular complexity index is 737. The van der Waals surface area contributed by atoms with Crippen LogP contribution >= 0.6 is 0 Å². The van der Waals surface area contributed by atoms with Gasteiger partial charge in [0.25, 0.3) is 0 Å². The second-order valence-corrected chi connectivity index (χ2v) is 6.96. The normalized spacial score (nSPS) is 11.1. The average molecular weight is 360 g/mol. The van der Waals surface area contributed by atoms with E-state index in [1.807, 2.05) is 50.8 Å². The van der Waals surface area contributed by atoms with Crippen LogP contribution in [0.1, 0.15) is 39.8 Å². The Labute approximate surface area is 155 Å². The van der Waals surface area contributed by atoms with Crippen LogP contribution in [-0.2, 0) is 11.3 Å². The van der Waals surface area contributed by atoms with Crippen molar-refractivity contribution in [2.45, 2.75) is 46.7 Å². The maximum Gasteiger partial charge on any atom is 0.223 e. The van der Waals surface area contributed by atoms with Crippen LogP contribution < -0.4 is 9.47 Å². The lowest BCUT2D eigenvalue weighted by Crippen LogP contribution is -2.37. The van der Waals surface area contributed by atoms with Crippen LogP contribution in [0, 0.1) is 5.92 Å². The molecule has 0 saturated carbocycles. The van der Waals surface area contributed by atoms with Gasteiger partial charge in [0.05, 0.1) is 26.3 Å². The predicted octanol–water partition coefficient (Wildman–Crippen LogP) is 4.14. The number of methoxy groups -OCH3 is 2. The highest BCUT2D eigenvalue weighted by Crippen LogP contribution is 2.33. The number of carbonyl (C=O) groups excluding carboxylic acids is 1. The van der Waals surface area contributed by atoms with Crippen molar-refractivity contribution in [3.8, 4) is 22.8 Å². The molecule has 6 heteroatoms. The molecule has 142 valence electrons. The Morgan fingerprint density at radius 1 is 1.15 bits per heavy atom. The number of benzene rings is 1. The van der Waals surface area contributed by atoms with Crippen LogP contribution in [0.15, 0.2) is 28.8 Å². The first kappa shape index (κ1) is 19.8. The minimum atomic E-state index is 0.0944. The van der Waals surface area contributed by atoms with Crippen LogP contribution in [0.3, 0.4) is 0 Å². The smallest absolute Gasteiger partial charge is 0.223 e. The lowest BCUT2D eigenvalue weighted by atomic mass is 10.1. The number of rotatable bonds is 8. The van der Waals surface area contributed by atoms with E-state index in [0.29, 0.717) is 41.8 Å². The van der Waals surface area contributed by atoms with Crippen LogP contribution in [0.4, 0.5) is 0 Å². The fourth-order valence-electron chi connectivity index (χ4n) is 2.72. The van der Waals surface area contributed by atoms with Crippen LogP contribution in [0.5, 0.6) is 11.5 Å². The lowest BCUT2D eigenvalue weighted by molar-refractivity contribution is -0.134. The quantitative estimate of drug-likeness (QED) is 0.708. The van der Waals surface area contributed by atoms with Gasteiger partial charge in [-0.05, 0) is 31.9 Å². The number of nitrogens with zero attached hydrogens (tertiary/aromatic N) is 2. The average Bonchev–Trinajstić information content (AvgIpc) is 3.06. The summed E-state index contributed by atoms with van der Waals surface area (Å²) >= 11 is 0. The summed E-state index contributed by atoms with van der Waals surface area (Å²) in [6.45, 7) is 8.52. The number of amides is 1. The summed E-state index contributed by atoms with van der Waals surface area (Å²) in [5.74, 6) is 2.39. The molecular weight excluding hydrogens is 332 g/mol. The zero-order valence-electron chi connectivity index (χ0n) is 16.4. The molecule has 2 rings (SSSR count). The van der Waals surface area contributed by atoms with Gasteiger partial charge in [0, 0.05) is 24.6 Å². The van der Waals surface area contributed by atoms with Crippen molar-refractivity contribution in [3.05, 3.63) is 30.0 Å². The minimum Gasteiger partial charge on any atom is -0.497 e. The van der Waals surface area contributed by atoms with E-state index in [0.717, 1.165) is 5.56 Å². The molecule has 0 aliphatic rings. The molecule has 1 aromatic carbocycles. The van der Waals surface area contributed by atoms with Crippen LogP contribution in [0.2, 0.25) is 0 Å². The third-order valence-corrected chi connectivity index (χ3v) is 4.09. The molecule has 0 unspecified atom stereocenters. The molecule has 1 aromatic heterocycles. The number of hydrogen-bond donors (Lipinski definition) is 0. The Kier molecular flexibility index (Phi) is 6.66. The highest BCUT2D eigenvalue weighted by molar-refractivity contribution is 5.76. The number of ether oxygens (including phenoxy) is 2. The van der Waals surface area contributed by atoms with Crippen molar-refractivity contribution in [2.75, 3.05) is 14.2 Å². The van der Waals surface area contributed by atoms with Gasteiger partial charge >= 0.3 is 0 Å². The molecule has 0 bridgehead atoms. The maximum atomic E-state index is 12.5. The van der Waals surface area contributed by atoms with Crippen molar-refractivity contribution in [1.82, 2.24) is 10.1 Å².